The summed E-state index contributed by atoms with van der Waals surface area (Å²) in [4.78, 5) is 4.22. The maximum Gasteiger partial charge on any atom is 0.282 e. The molecule has 15 heavy (non-hydrogen) atoms. The van der Waals surface area contributed by atoms with Gasteiger partial charge in [-0.1, -0.05) is 6.07 Å². The fourth-order valence-corrected chi connectivity index (χ4v) is 1.38. The zero-order valence-corrected chi connectivity index (χ0v) is 9.40. The van der Waals surface area contributed by atoms with Gasteiger partial charge in [0.25, 0.3) is 5.97 Å². The lowest BCUT2D eigenvalue weighted by atomic mass is 10.2. The average molecular weight is 211 g/mol. The standard InChI is InChI=1S/C11H17NO3/c1-13-11(14-2,15-3)8-7-10-6-4-5-9-12-10/h4-6,9H,7-8H2,1-3H3. The number of aromatic nitrogens is 1. The van der Waals surface area contributed by atoms with Crippen LogP contribution < -0.4 is 0 Å². The van der Waals surface area contributed by atoms with Gasteiger partial charge in [-0.05, 0) is 18.6 Å². The molecule has 0 atom stereocenters. The van der Waals surface area contributed by atoms with E-state index in [1.807, 2.05) is 18.2 Å². The van der Waals surface area contributed by atoms with Crippen LogP contribution in [0.2, 0.25) is 0 Å². The average Bonchev–Trinajstić information content (AvgIpc) is 2.33. The zero-order valence-electron chi connectivity index (χ0n) is 9.40. The minimum absolute atomic E-state index is 0.605. The largest absolute Gasteiger partial charge is 0.331 e. The number of pyridine rings is 1. The summed E-state index contributed by atoms with van der Waals surface area (Å²) in [5.74, 6) is -0.961. The van der Waals surface area contributed by atoms with Gasteiger partial charge in [0.15, 0.2) is 0 Å². The zero-order chi connectivity index (χ0) is 11.1. The molecule has 0 saturated heterocycles. The molecule has 0 unspecified atom stereocenters. The van der Waals surface area contributed by atoms with Crippen LogP contribution in [-0.2, 0) is 20.6 Å². The Balaban J connectivity index is 2.54. The van der Waals surface area contributed by atoms with E-state index in [0.717, 1.165) is 12.1 Å². The van der Waals surface area contributed by atoms with Gasteiger partial charge >= 0.3 is 0 Å². The number of aryl methyl sites for hydroxylation is 1. The Morgan fingerprint density at radius 3 is 2.27 bits per heavy atom. The van der Waals surface area contributed by atoms with Gasteiger partial charge < -0.3 is 14.2 Å². The van der Waals surface area contributed by atoms with Crippen LogP contribution in [0.15, 0.2) is 24.4 Å². The van der Waals surface area contributed by atoms with Crippen LogP contribution in [0.5, 0.6) is 0 Å². The lowest BCUT2D eigenvalue weighted by molar-refractivity contribution is -0.354. The molecule has 1 rings (SSSR count). The molecule has 1 aromatic heterocycles. The Kier molecular flexibility index (Phi) is 4.68. The highest BCUT2D eigenvalue weighted by Crippen LogP contribution is 2.19. The molecule has 0 saturated carbocycles. The fourth-order valence-electron chi connectivity index (χ4n) is 1.38. The Labute approximate surface area is 90.2 Å². The normalized spacial score (nSPS) is 11.7. The van der Waals surface area contributed by atoms with Crippen LogP contribution in [0.1, 0.15) is 12.1 Å². The molecule has 0 N–H and O–H groups in total. The van der Waals surface area contributed by atoms with Crippen molar-refractivity contribution in [3.05, 3.63) is 30.1 Å². The molecule has 0 fully saturated rings. The van der Waals surface area contributed by atoms with E-state index in [1.165, 1.54) is 0 Å². The number of rotatable bonds is 6. The predicted molar refractivity (Wildman–Crippen MR) is 56.3 cm³/mol. The van der Waals surface area contributed by atoms with E-state index in [0.29, 0.717) is 6.42 Å². The second-order valence-corrected chi connectivity index (χ2v) is 3.12. The summed E-state index contributed by atoms with van der Waals surface area (Å²) in [5, 5.41) is 0. The molecule has 1 heterocycles. The second kappa shape index (κ2) is 5.80. The SMILES string of the molecule is COC(CCc1ccccn1)(OC)OC. The third-order valence-corrected chi connectivity index (χ3v) is 2.35. The second-order valence-electron chi connectivity index (χ2n) is 3.12. The molecule has 1 aromatic rings. The van der Waals surface area contributed by atoms with Crippen LogP contribution in [-0.4, -0.2) is 32.3 Å². The number of methoxy groups -OCH3 is 3. The van der Waals surface area contributed by atoms with Gasteiger partial charge in [0.1, 0.15) is 0 Å². The van der Waals surface area contributed by atoms with Gasteiger partial charge in [0, 0.05) is 39.6 Å². The minimum atomic E-state index is -0.961. The first-order valence-electron chi connectivity index (χ1n) is 4.81. The van der Waals surface area contributed by atoms with Crippen molar-refractivity contribution in [1.29, 1.82) is 0 Å². The summed E-state index contributed by atoms with van der Waals surface area (Å²) in [7, 11) is 4.68. The smallest absolute Gasteiger partial charge is 0.282 e. The first-order chi connectivity index (χ1) is 7.26. The minimum Gasteiger partial charge on any atom is -0.331 e. The highest BCUT2D eigenvalue weighted by atomic mass is 16.9. The third kappa shape index (κ3) is 3.27. The monoisotopic (exact) mass is 211 g/mol. The van der Waals surface area contributed by atoms with Gasteiger partial charge in [-0.2, -0.15) is 0 Å². The van der Waals surface area contributed by atoms with Gasteiger partial charge in [0.05, 0.1) is 0 Å². The molecule has 0 aliphatic heterocycles. The van der Waals surface area contributed by atoms with Crippen molar-refractivity contribution in [2.24, 2.45) is 0 Å². The summed E-state index contributed by atoms with van der Waals surface area (Å²) < 4.78 is 15.6. The molecule has 0 aromatic carbocycles. The van der Waals surface area contributed by atoms with Gasteiger partial charge in [-0.3, -0.25) is 4.98 Å². The maximum absolute atomic E-state index is 5.19. The predicted octanol–water partition coefficient (Wildman–Crippen LogP) is 1.61. The van der Waals surface area contributed by atoms with Crippen molar-refractivity contribution in [2.75, 3.05) is 21.3 Å². The number of hydrogen-bond donors (Lipinski definition) is 0. The third-order valence-electron chi connectivity index (χ3n) is 2.35. The van der Waals surface area contributed by atoms with E-state index < -0.39 is 5.97 Å². The van der Waals surface area contributed by atoms with E-state index in [1.54, 1.807) is 27.5 Å². The van der Waals surface area contributed by atoms with E-state index in [9.17, 15) is 0 Å². The molecule has 0 spiro atoms. The van der Waals surface area contributed by atoms with E-state index in [2.05, 4.69) is 4.98 Å². The molecule has 4 heteroatoms. The summed E-state index contributed by atoms with van der Waals surface area (Å²) in [6.45, 7) is 0. The molecule has 0 amide bonds. The van der Waals surface area contributed by atoms with Crippen LogP contribution in [0.3, 0.4) is 0 Å². The fraction of sp³-hybridized carbons (Fsp3) is 0.545. The Morgan fingerprint density at radius 2 is 1.80 bits per heavy atom. The highest BCUT2D eigenvalue weighted by molar-refractivity contribution is 5.03. The van der Waals surface area contributed by atoms with E-state index in [4.69, 9.17) is 14.2 Å². The number of hydrogen-bond acceptors (Lipinski definition) is 4. The lowest BCUT2D eigenvalue weighted by Gasteiger charge is -2.28. The number of nitrogens with zero attached hydrogens (tertiary/aromatic N) is 1. The molecule has 0 radical (unpaired) electrons. The summed E-state index contributed by atoms with van der Waals surface area (Å²) >= 11 is 0. The molecule has 84 valence electrons. The number of ether oxygens (including phenoxy) is 3. The van der Waals surface area contributed by atoms with Gasteiger partial charge in [-0.15, -0.1) is 0 Å². The molecular formula is C11H17NO3. The Bertz CT molecular complexity index is 264. The molecule has 4 nitrogen and oxygen atoms in total. The molecule has 0 aliphatic carbocycles. The highest BCUT2D eigenvalue weighted by Gasteiger charge is 2.28. The summed E-state index contributed by atoms with van der Waals surface area (Å²) in [6.07, 6.45) is 3.12. The van der Waals surface area contributed by atoms with Gasteiger partial charge in [-0.25, -0.2) is 0 Å². The van der Waals surface area contributed by atoms with Crippen molar-refractivity contribution < 1.29 is 14.2 Å². The summed E-state index contributed by atoms with van der Waals surface area (Å²) in [5.41, 5.74) is 0.994. The first-order valence-corrected chi connectivity index (χ1v) is 4.81. The van der Waals surface area contributed by atoms with Crippen LogP contribution in [0.4, 0.5) is 0 Å². The van der Waals surface area contributed by atoms with Crippen molar-refractivity contribution in [3.8, 4) is 0 Å². The molecular weight excluding hydrogens is 194 g/mol. The van der Waals surface area contributed by atoms with Crippen LogP contribution in [0.25, 0.3) is 0 Å². The summed E-state index contributed by atoms with van der Waals surface area (Å²) in [6, 6.07) is 5.81. The lowest BCUT2D eigenvalue weighted by Crippen LogP contribution is -2.36. The quantitative estimate of drug-likeness (QED) is 0.670. The van der Waals surface area contributed by atoms with Crippen molar-refractivity contribution in [3.63, 3.8) is 0 Å². The van der Waals surface area contributed by atoms with E-state index in [-0.39, 0.29) is 0 Å². The first kappa shape index (κ1) is 12.1. The van der Waals surface area contributed by atoms with Crippen molar-refractivity contribution in [2.45, 2.75) is 18.8 Å². The molecule has 0 bridgehead atoms. The van der Waals surface area contributed by atoms with E-state index >= 15 is 0 Å². The van der Waals surface area contributed by atoms with Crippen molar-refractivity contribution in [1.82, 2.24) is 4.98 Å². The topological polar surface area (TPSA) is 40.6 Å². The molecule has 0 aliphatic rings. The van der Waals surface area contributed by atoms with Gasteiger partial charge in [0.2, 0.25) is 0 Å². The Morgan fingerprint density at radius 1 is 1.13 bits per heavy atom. The van der Waals surface area contributed by atoms with Crippen LogP contribution in [0, 0.1) is 0 Å². The van der Waals surface area contributed by atoms with Crippen LogP contribution >= 0.6 is 0 Å². The maximum atomic E-state index is 5.19. The Hall–Kier alpha value is -0.970. The van der Waals surface area contributed by atoms with Crippen molar-refractivity contribution >= 4 is 0 Å².